The highest BCUT2D eigenvalue weighted by atomic mass is 16.5. The van der Waals surface area contributed by atoms with Crippen LogP contribution in [0.4, 0.5) is 0 Å². The first-order chi connectivity index (χ1) is 9.42. The molecule has 1 unspecified atom stereocenters. The fourth-order valence-electron chi connectivity index (χ4n) is 2.50. The van der Waals surface area contributed by atoms with Crippen molar-refractivity contribution in [3.63, 3.8) is 0 Å². The van der Waals surface area contributed by atoms with Crippen molar-refractivity contribution in [3.8, 4) is 5.75 Å². The summed E-state index contributed by atoms with van der Waals surface area (Å²) in [6.45, 7) is 2.60. The van der Waals surface area contributed by atoms with Crippen LogP contribution in [0.3, 0.4) is 0 Å². The molecule has 0 radical (unpaired) electrons. The Kier molecular flexibility index (Phi) is 4.36. The molecule has 1 saturated carbocycles. The molecule has 2 aliphatic rings. The first-order valence-electron chi connectivity index (χ1n) is 7.47. The SMILES string of the molecule is c1ccc(OCCC2CCCO2)c(CNC2CC2)c1. The zero-order valence-electron chi connectivity index (χ0n) is 11.4. The van der Waals surface area contributed by atoms with Gasteiger partial charge in [-0.1, -0.05) is 18.2 Å². The molecular formula is C16H23NO2. The third-order valence-corrected chi connectivity index (χ3v) is 3.85. The molecule has 1 aromatic carbocycles. The fraction of sp³-hybridized carbons (Fsp3) is 0.625. The van der Waals surface area contributed by atoms with Gasteiger partial charge in [0.15, 0.2) is 0 Å². The molecule has 1 N–H and O–H groups in total. The monoisotopic (exact) mass is 261 g/mol. The number of rotatable bonds is 7. The molecule has 0 spiro atoms. The molecule has 2 fully saturated rings. The molecular weight excluding hydrogens is 238 g/mol. The summed E-state index contributed by atoms with van der Waals surface area (Å²) < 4.78 is 11.5. The number of para-hydroxylation sites is 1. The minimum Gasteiger partial charge on any atom is -0.493 e. The molecule has 1 aliphatic carbocycles. The Morgan fingerprint density at radius 2 is 2.11 bits per heavy atom. The van der Waals surface area contributed by atoms with Crippen molar-refractivity contribution in [1.82, 2.24) is 5.32 Å². The van der Waals surface area contributed by atoms with Gasteiger partial charge >= 0.3 is 0 Å². The Balaban J connectivity index is 1.47. The summed E-state index contributed by atoms with van der Waals surface area (Å²) in [6.07, 6.45) is 6.45. The lowest BCUT2D eigenvalue weighted by molar-refractivity contribution is 0.0902. The van der Waals surface area contributed by atoms with Crippen LogP contribution in [0.2, 0.25) is 0 Å². The van der Waals surface area contributed by atoms with E-state index in [-0.39, 0.29) is 0 Å². The second-order valence-electron chi connectivity index (χ2n) is 5.54. The van der Waals surface area contributed by atoms with Crippen molar-refractivity contribution in [1.29, 1.82) is 0 Å². The third kappa shape index (κ3) is 3.95. The standard InChI is InChI=1S/C16H23NO2/c1-2-6-16(13(4-1)12-17-14-7-8-14)19-11-9-15-5-3-10-18-15/h1-2,4,6,14-15,17H,3,5,7-12H2. The van der Waals surface area contributed by atoms with Gasteiger partial charge in [0.05, 0.1) is 12.7 Å². The molecule has 1 atom stereocenters. The molecule has 104 valence electrons. The fourth-order valence-corrected chi connectivity index (χ4v) is 2.50. The van der Waals surface area contributed by atoms with Crippen molar-refractivity contribution in [2.24, 2.45) is 0 Å². The Morgan fingerprint density at radius 1 is 1.21 bits per heavy atom. The molecule has 19 heavy (non-hydrogen) atoms. The zero-order chi connectivity index (χ0) is 12.9. The van der Waals surface area contributed by atoms with Gasteiger partial charge < -0.3 is 14.8 Å². The Hall–Kier alpha value is -1.06. The van der Waals surface area contributed by atoms with E-state index in [9.17, 15) is 0 Å². The van der Waals surface area contributed by atoms with Gasteiger partial charge in [0.25, 0.3) is 0 Å². The van der Waals surface area contributed by atoms with Gasteiger partial charge in [0, 0.05) is 31.2 Å². The predicted octanol–water partition coefficient (Wildman–Crippen LogP) is 2.89. The van der Waals surface area contributed by atoms with Crippen molar-refractivity contribution in [2.75, 3.05) is 13.2 Å². The van der Waals surface area contributed by atoms with Gasteiger partial charge in [0.1, 0.15) is 5.75 Å². The minimum atomic E-state index is 0.414. The summed E-state index contributed by atoms with van der Waals surface area (Å²) in [5, 5.41) is 3.54. The van der Waals surface area contributed by atoms with Crippen LogP contribution >= 0.6 is 0 Å². The molecule has 1 aromatic rings. The van der Waals surface area contributed by atoms with Crippen LogP contribution in [0.25, 0.3) is 0 Å². The molecule has 1 heterocycles. The summed E-state index contributed by atoms with van der Waals surface area (Å²) in [7, 11) is 0. The Labute approximate surface area is 115 Å². The normalized spacial score (nSPS) is 22.6. The third-order valence-electron chi connectivity index (χ3n) is 3.85. The van der Waals surface area contributed by atoms with Crippen LogP contribution in [-0.4, -0.2) is 25.4 Å². The van der Waals surface area contributed by atoms with Gasteiger partial charge in [-0.25, -0.2) is 0 Å². The van der Waals surface area contributed by atoms with E-state index in [4.69, 9.17) is 9.47 Å². The van der Waals surface area contributed by atoms with Crippen LogP contribution in [0.5, 0.6) is 5.75 Å². The van der Waals surface area contributed by atoms with Gasteiger partial charge in [0.2, 0.25) is 0 Å². The van der Waals surface area contributed by atoms with Crippen molar-refractivity contribution in [3.05, 3.63) is 29.8 Å². The number of hydrogen-bond acceptors (Lipinski definition) is 3. The van der Waals surface area contributed by atoms with E-state index in [2.05, 4.69) is 23.5 Å². The summed E-state index contributed by atoms with van der Waals surface area (Å²) in [5.74, 6) is 1.02. The molecule has 0 amide bonds. The minimum absolute atomic E-state index is 0.414. The van der Waals surface area contributed by atoms with Crippen molar-refractivity contribution in [2.45, 2.75) is 50.8 Å². The average Bonchev–Trinajstić information content (AvgIpc) is 3.13. The second kappa shape index (κ2) is 6.40. The van der Waals surface area contributed by atoms with Crippen LogP contribution in [0.1, 0.15) is 37.7 Å². The zero-order valence-corrected chi connectivity index (χ0v) is 11.4. The predicted molar refractivity (Wildman–Crippen MR) is 75.4 cm³/mol. The van der Waals surface area contributed by atoms with Crippen molar-refractivity contribution < 1.29 is 9.47 Å². The molecule has 3 heteroatoms. The molecule has 3 nitrogen and oxygen atoms in total. The quantitative estimate of drug-likeness (QED) is 0.818. The summed E-state index contributed by atoms with van der Waals surface area (Å²) >= 11 is 0. The lowest BCUT2D eigenvalue weighted by Crippen LogP contribution is -2.16. The number of benzene rings is 1. The van der Waals surface area contributed by atoms with Crippen molar-refractivity contribution >= 4 is 0 Å². The molecule has 3 rings (SSSR count). The van der Waals surface area contributed by atoms with Gasteiger partial charge in [-0.05, 0) is 31.7 Å². The summed E-state index contributed by atoms with van der Waals surface area (Å²) in [4.78, 5) is 0. The number of hydrogen-bond donors (Lipinski definition) is 1. The van der Waals surface area contributed by atoms with E-state index in [1.54, 1.807) is 0 Å². The molecule has 1 aliphatic heterocycles. The first-order valence-corrected chi connectivity index (χ1v) is 7.47. The number of nitrogens with one attached hydrogen (secondary N) is 1. The summed E-state index contributed by atoms with van der Waals surface area (Å²) in [6, 6.07) is 9.08. The Morgan fingerprint density at radius 3 is 2.89 bits per heavy atom. The van der Waals surface area contributed by atoms with Gasteiger partial charge in [-0.2, -0.15) is 0 Å². The van der Waals surface area contributed by atoms with E-state index >= 15 is 0 Å². The first kappa shape index (κ1) is 12.9. The van der Waals surface area contributed by atoms with Gasteiger partial charge in [-0.3, -0.25) is 0 Å². The molecule has 1 saturated heterocycles. The van der Waals surface area contributed by atoms with E-state index in [0.29, 0.717) is 6.10 Å². The molecule has 0 aromatic heterocycles. The molecule has 0 bridgehead atoms. The lowest BCUT2D eigenvalue weighted by atomic mass is 10.2. The van der Waals surface area contributed by atoms with E-state index in [1.807, 2.05) is 6.07 Å². The average molecular weight is 261 g/mol. The largest absolute Gasteiger partial charge is 0.493 e. The smallest absolute Gasteiger partial charge is 0.123 e. The summed E-state index contributed by atoms with van der Waals surface area (Å²) in [5.41, 5.74) is 1.27. The Bertz CT molecular complexity index is 397. The second-order valence-corrected chi connectivity index (χ2v) is 5.54. The lowest BCUT2D eigenvalue weighted by Gasteiger charge is -2.14. The van der Waals surface area contributed by atoms with Crippen LogP contribution in [-0.2, 0) is 11.3 Å². The highest BCUT2D eigenvalue weighted by Crippen LogP contribution is 2.23. The maximum Gasteiger partial charge on any atom is 0.123 e. The van der Waals surface area contributed by atoms with Gasteiger partial charge in [-0.15, -0.1) is 0 Å². The van der Waals surface area contributed by atoms with Crippen LogP contribution in [0, 0.1) is 0 Å². The maximum atomic E-state index is 5.93. The maximum absolute atomic E-state index is 5.93. The van der Waals surface area contributed by atoms with Crippen LogP contribution < -0.4 is 10.1 Å². The van der Waals surface area contributed by atoms with Crippen LogP contribution in [0.15, 0.2) is 24.3 Å². The topological polar surface area (TPSA) is 30.5 Å². The van der Waals surface area contributed by atoms with E-state index in [1.165, 1.54) is 31.2 Å². The highest BCUT2D eigenvalue weighted by molar-refractivity contribution is 5.33. The van der Waals surface area contributed by atoms with E-state index in [0.717, 1.165) is 38.0 Å². The van der Waals surface area contributed by atoms with E-state index < -0.39 is 0 Å². The number of ether oxygens (including phenoxy) is 2. The highest BCUT2D eigenvalue weighted by Gasteiger charge is 2.20.